The van der Waals surface area contributed by atoms with Crippen molar-refractivity contribution in [3.05, 3.63) is 23.5 Å². The predicted octanol–water partition coefficient (Wildman–Crippen LogP) is 1.69. The van der Waals surface area contributed by atoms with Crippen LogP contribution in [0.15, 0.2) is 22.8 Å². The highest BCUT2D eigenvalue weighted by Gasteiger charge is 2.42. The van der Waals surface area contributed by atoms with Crippen molar-refractivity contribution in [1.82, 2.24) is 24.9 Å². The molecule has 0 radical (unpaired) electrons. The molecule has 2 N–H and O–H groups in total. The maximum absolute atomic E-state index is 11.6. The molecule has 25 heavy (non-hydrogen) atoms. The number of fused-ring (bicyclic) bond motifs is 1. The minimum Gasteiger partial charge on any atom is -0.355 e. The highest BCUT2D eigenvalue weighted by Crippen LogP contribution is 2.35. The van der Waals surface area contributed by atoms with Crippen LogP contribution in [0, 0.1) is 5.41 Å². The van der Waals surface area contributed by atoms with Crippen LogP contribution in [-0.4, -0.2) is 52.8 Å². The van der Waals surface area contributed by atoms with E-state index in [1.807, 2.05) is 29.2 Å². The predicted molar refractivity (Wildman–Crippen MR) is 110 cm³/mol. The van der Waals surface area contributed by atoms with E-state index in [1.54, 1.807) is 11.3 Å². The molecule has 4 rings (SSSR count). The lowest BCUT2D eigenvalue weighted by molar-refractivity contribution is -0.119. The standard InChI is InChI=1S/C16H22N6OS.HI/c1-17-14(18-8-12-9-21-5-6-24-15(21)20-12)22-4-2-3-16(11-22)7-13(23)19-10-16;/h5-6,9H,2-4,7-8,10-11H2,1H3,(H,17,18)(H,19,23);1H. The van der Waals surface area contributed by atoms with Gasteiger partial charge >= 0.3 is 0 Å². The van der Waals surface area contributed by atoms with Crippen LogP contribution in [-0.2, 0) is 11.3 Å². The minimum atomic E-state index is 0. The van der Waals surface area contributed by atoms with Crippen LogP contribution in [0.5, 0.6) is 0 Å². The molecule has 1 atom stereocenters. The van der Waals surface area contributed by atoms with E-state index < -0.39 is 0 Å². The second-order valence-corrected chi connectivity index (χ2v) is 7.58. The molecule has 7 nitrogen and oxygen atoms in total. The van der Waals surface area contributed by atoms with Crippen LogP contribution in [0.25, 0.3) is 4.96 Å². The summed E-state index contributed by atoms with van der Waals surface area (Å²) >= 11 is 1.63. The van der Waals surface area contributed by atoms with Crippen LogP contribution in [0.3, 0.4) is 0 Å². The van der Waals surface area contributed by atoms with Gasteiger partial charge < -0.3 is 15.5 Å². The minimum absolute atomic E-state index is 0. The van der Waals surface area contributed by atoms with Gasteiger partial charge in [-0.1, -0.05) is 0 Å². The Labute approximate surface area is 167 Å². The molecule has 1 amide bonds. The fourth-order valence-electron chi connectivity index (χ4n) is 3.79. The zero-order valence-corrected chi connectivity index (χ0v) is 17.3. The molecule has 2 aliphatic heterocycles. The molecule has 4 heterocycles. The maximum atomic E-state index is 11.6. The molecule has 2 saturated heterocycles. The van der Waals surface area contributed by atoms with E-state index in [1.165, 1.54) is 0 Å². The van der Waals surface area contributed by atoms with E-state index >= 15 is 0 Å². The van der Waals surface area contributed by atoms with Gasteiger partial charge in [0.25, 0.3) is 0 Å². The summed E-state index contributed by atoms with van der Waals surface area (Å²) in [6.07, 6.45) is 6.90. The molecule has 9 heteroatoms. The molecular weight excluding hydrogens is 451 g/mol. The SMILES string of the molecule is CN=C(NCc1cn2ccsc2n1)N1CCCC2(CNC(=O)C2)C1.I. The number of nitrogens with zero attached hydrogens (tertiary/aromatic N) is 4. The maximum Gasteiger partial charge on any atom is 0.220 e. The number of hydrogen-bond acceptors (Lipinski definition) is 4. The van der Waals surface area contributed by atoms with E-state index in [4.69, 9.17) is 0 Å². The van der Waals surface area contributed by atoms with Crippen LogP contribution < -0.4 is 10.6 Å². The average molecular weight is 474 g/mol. The largest absolute Gasteiger partial charge is 0.355 e. The van der Waals surface area contributed by atoms with Crippen LogP contribution in [0.2, 0.25) is 0 Å². The first kappa shape index (κ1) is 18.4. The fraction of sp³-hybridized carbons (Fsp3) is 0.562. The molecular formula is C16H23IN6OS. The van der Waals surface area contributed by atoms with E-state index in [0.717, 1.165) is 49.1 Å². The second-order valence-electron chi connectivity index (χ2n) is 6.70. The summed E-state index contributed by atoms with van der Waals surface area (Å²) in [5.74, 6) is 1.07. The number of imidazole rings is 1. The van der Waals surface area contributed by atoms with Crippen molar-refractivity contribution in [2.45, 2.75) is 25.8 Å². The first-order valence-electron chi connectivity index (χ1n) is 8.31. The quantitative estimate of drug-likeness (QED) is 0.395. The van der Waals surface area contributed by atoms with Crippen molar-refractivity contribution in [3.8, 4) is 0 Å². The first-order chi connectivity index (χ1) is 11.7. The number of amides is 1. The first-order valence-corrected chi connectivity index (χ1v) is 9.19. The summed E-state index contributed by atoms with van der Waals surface area (Å²) in [5.41, 5.74) is 1.08. The van der Waals surface area contributed by atoms with Crippen molar-refractivity contribution >= 4 is 52.1 Å². The zero-order chi connectivity index (χ0) is 16.6. The van der Waals surface area contributed by atoms with E-state index in [0.29, 0.717) is 13.0 Å². The van der Waals surface area contributed by atoms with Crippen LogP contribution >= 0.6 is 35.3 Å². The average Bonchev–Trinajstić information content (AvgIpc) is 3.24. The van der Waals surface area contributed by atoms with Crippen molar-refractivity contribution in [2.75, 3.05) is 26.7 Å². The lowest BCUT2D eigenvalue weighted by atomic mass is 9.79. The Kier molecular flexibility index (Phi) is 5.52. The van der Waals surface area contributed by atoms with Crippen molar-refractivity contribution < 1.29 is 4.79 Å². The molecule has 2 fully saturated rings. The second kappa shape index (κ2) is 7.48. The molecule has 136 valence electrons. The molecule has 2 aromatic rings. The monoisotopic (exact) mass is 474 g/mol. The molecule has 2 aliphatic rings. The van der Waals surface area contributed by atoms with E-state index in [2.05, 4.69) is 25.5 Å². The lowest BCUT2D eigenvalue weighted by Gasteiger charge is -2.40. The lowest BCUT2D eigenvalue weighted by Crippen LogP contribution is -2.51. The van der Waals surface area contributed by atoms with Gasteiger partial charge in [-0.15, -0.1) is 35.3 Å². The number of aromatic nitrogens is 2. The topological polar surface area (TPSA) is 74.0 Å². The molecule has 0 saturated carbocycles. The third-order valence-corrected chi connectivity index (χ3v) is 5.71. The third-order valence-electron chi connectivity index (χ3n) is 4.94. The summed E-state index contributed by atoms with van der Waals surface area (Å²) in [6.45, 7) is 3.30. The summed E-state index contributed by atoms with van der Waals surface area (Å²) in [7, 11) is 1.81. The Morgan fingerprint density at radius 2 is 2.44 bits per heavy atom. The molecule has 0 bridgehead atoms. The number of nitrogens with one attached hydrogen (secondary N) is 2. The number of halogens is 1. The van der Waals surface area contributed by atoms with Gasteiger partial charge in [-0.05, 0) is 12.8 Å². The Hall–Kier alpha value is -1.36. The number of likely N-dealkylation sites (tertiary alicyclic amines) is 1. The van der Waals surface area contributed by atoms with Gasteiger partial charge in [-0.3, -0.25) is 14.2 Å². The zero-order valence-electron chi connectivity index (χ0n) is 14.2. The summed E-state index contributed by atoms with van der Waals surface area (Å²) in [4.78, 5) is 24.0. The fourth-order valence-corrected chi connectivity index (χ4v) is 4.51. The highest BCUT2D eigenvalue weighted by atomic mass is 127. The van der Waals surface area contributed by atoms with Crippen molar-refractivity contribution in [1.29, 1.82) is 0 Å². The number of aliphatic imine (C=N–C) groups is 1. The molecule has 0 aliphatic carbocycles. The van der Waals surface area contributed by atoms with Gasteiger partial charge in [0, 0.05) is 56.3 Å². The molecule has 2 aromatic heterocycles. The van der Waals surface area contributed by atoms with Gasteiger partial charge in [0.2, 0.25) is 5.91 Å². The number of hydrogen-bond donors (Lipinski definition) is 2. The molecule has 1 unspecified atom stereocenters. The van der Waals surface area contributed by atoms with Gasteiger partial charge in [0.15, 0.2) is 10.9 Å². The van der Waals surface area contributed by atoms with Crippen LogP contribution in [0.4, 0.5) is 0 Å². The Morgan fingerprint density at radius 1 is 1.56 bits per heavy atom. The normalized spacial score (nSPS) is 23.8. The molecule has 1 spiro atoms. The highest BCUT2D eigenvalue weighted by molar-refractivity contribution is 14.0. The Morgan fingerprint density at radius 3 is 3.16 bits per heavy atom. The Bertz CT molecular complexity index is 758. The van der Waals surface area contributed by atoms with E-state index in [-0.39, 0.29) is 35.3 Å². The van der Waals surface area contributed by atoms with Crippen molar-refractivity contribution in [2.24, 2.45) is 10.4 Å². The van der Waals surface area contributed by atoms with Gasteiger partial charge in [-0.2, -0.15) is 0 Å². The number of carbonyl (C=O) groups excluding carboxylic acids is 1. The third kappa shape index (κ3) is 3.76. The summed E-state index contributed by atoms with van der Waals surface area (Å²) < 4.78 is 2.04. The summed E-state index contributed by atoms with van der Waals surface area (Å²) in [5, 5.41) is 8.44. The van der Waals surface area contributed by atoms with Gasteiger partial charge in [0.1, 0.15) is 0 Å². The number of thiazole rings is 1. The van der Waals surface area contributed by atoms with Gasteiger partial charge in [0.05, 0.1) is 12.2 Å². The number of rotatable bonds is 2. The van der Waals surface area contributed by atoms with Crippen molar-refractivity contribution in [3.63, 3.8) is 0 Å². The number of carbonyl (C=O) groups is 1. The molecule has 0 aromatic carbocycles. The Balaban J connectivity index is 0.00000182. The van der Waals surface area contributed by atoms with E-state index in [9.17, 15) is 4.79 Å². The smallest absolute Gasteiger partial charge is 0.220 e. The number of guanidine groups is 1. The number of piperidine rings is 1. The van der Waals surface area contributed by atoms with Gasteiger partial charge in [-0.25, -0.2) is 4.98 Å². The summed E-state index contributed by atoms with van der Waals surface area (Å²) in [6, 6.07) is 0. The van der Waals surface area contributed by atoms with Crippen LogP contribution in [0.1, 0.15) is 25.0 Å².